The van der Waals surface area contributed by atoms with Gasteiger partial charge in [0.1, 0.15) is 0 Å². The Hall–Kier alpha value is -1.29. The van der Waals surface area contributed by atoms with Crippen LogP contribution in [0.3, 0.4) is 0 Å². The van der Waals surface area contributed by atoms with E-state index in [1.54, 1.807) is 13.8 Å². The molecule has 0 spiro atoms. The van der Waals surface area contributed by atoms with Gasteiger partial charge in [0.25, 0.3) is 0 Å². The summed E-state index contributed by atoms with van der Waals surface area (Å²) in [4.78, 5) is 12.4. The third kappa shape index (κ3) is 5.20. The molecule has 0 aliphatic carbocycles. The van der Waals surface area contributed by atoms with Crippen LogP contribution in [-0.2, 0) is 25.3 Å². The average molecular weight is 313 g/mol. The maximum Gasteiger partial charge on any atom is 0.370 e. The van der Waals surface area contributed by atoms with Gasteiger partial charge in [0.05, 0.1) is 6.61 Å². The minimum Gasteiger partial charge on any atom is -0.464 e. The molecule has 1 aromatic carbocycles. The molecule has 0 aliphatic rings. The highest BCUT2D eigenvalue weighted by Gasteiger charge is 2.47. The first kappa shape index (κ1) is 17.8. The molecule has 1 N–H and O–H groups in total. The number of benzene rings is 1. The number of aliphatic hydroxyl groups is 1. The first-order valence-electron chi connectivity index (χ1n) is 6.96. The van der Waals surface area contributed by atoms with Crippen LogP contribution in [0.25, 0.3) is 0 Å². The first-order valence-corrected chi connectivity index (χ1v) is 8.59. The van der Waals surface area contributed by atoms with Crippen LogP contribution >= 0.6 is 7.80 Å². The predicted octanol–water partition coefficient (Wildman–Crippen LogP) is 2.34. The van der Waals surface area contributed by atoms with Crippen molar-refractivity contribution in [2.24, 2.45) is 0 Å². The van der Waals surface area contributed by atoms with Crippen molar-refractivity contribution < 1.29 is 23.9 Å². The summed E-state index contributed by atoms with van der Waals surface area (Å²) in [5.74, 6) is -0.535. The summed E-state index contributed by atoms with van der Waals surface area (Å²) in [5.41, 5.74) is -0.428. The summed E-state index contributed by atoms with van der Waals surface area (Å²) in [5, 5.41) is 9.05. The Kier molecular flexibility index (Phi) is 7.51. The normalized spacial score (nSPS) is 14.3. The van der Waals surface area contributed by atoms with Gasteiger partial charge in [0.2, 0.25) is 11.9 Å². The summed E-state index contributed by atoms with van der Waals surface area (Å²) in [6.07, 6.45) is -0.264. The largest absolute Gasteiger partial charge is 0.464 e. The van der Waals surface area contributed by atoms with E-state index in [0.29, 0.717) is 6.61 Å². The summed E-state index contributed by atoms with van der Waals surface area (Å²) < 4.78 is 22.6. The Bertz CT molecular complexity index is 462. The zero-order valence-corrected chi connectivity index (χ0v) is 13.3. The zero-order valence-electron chi connectivity index (χ0n) is 12.4. The van der Waals surface area contributed by atoms with Crippen LogP contribution in [0.5, 0.6) is 0 Å². The second-order valence-corrected chi connectivity index (χ2v) is 6.15. The molecule has 0 aromatic heterocycles. The molecule has 0 heterocycles. The van der Waals surface area contributed by atoms with E-state index in [-0.39, 0.29) is 19.2 Å². The molecule has 2 atom stereocenters. The third-order valence-electron chi connectivity index (χ3n) is 2.99. The van der Waals surface area contributed by atoms with Crippen LogP contribution in [-0.4, -0.2) is 42.4 Å². The van der Waals surface area contributed by atoms with E-state index in [2.05, 4.69) is 0 Å². The fourth-order valence-electron chi connectivity index (χ4n) is 2.15. The number of carbonyl (C=O) groups is 1. The zero-order chi connectivity index (χ0) is 15.7. The Morgan fingerprint density at radius 1 is 1.24 bits per heavy atom. The Labute approximate surface area is 126 Å². The molecule has 0 fully saturated rings. The second kappa shape index (κ2) is 8.88. The number of hydrogen-bond donors (Lipinski definition) is 1. The Balaban J connectivity index is 3.09. The lowest BCUT2D eigenvalue weighted by Crippen LogP contribution is -2.47. The molecule has 0 amide bonds. The summed E-state index contributed by atoms with van der Waals surface area (Å²) in [6, 6.07) is 9.36. The van der Waals surface area contributed by atoms with Gasteiger partial charge in [0.15, 0.2) is 6.16 Å². The minimum atomic E-state index is -1.94. The molecule has 2 unspecified atom stereocenters. The van der Waals surface area contributed by atoms with Crippen LogP contribution in [0.2, 0.25) is 0 Å². The van der Waals surface area contributed by atoms with Gasteiger partial charge in [-0.2, -0.15) is 0 Å². The summed E-state index contributed by atoms with van der Waals surface area (Å²) in [6.45, 7) is 3.99. The van der Waals surface area contributed by atoms with Gasteiger partial charge in [-0.05, 0) is 19.4 Å². The van der Waals surface area contributed by atoms with Crippen molar-refractivity contribution in [1.82, 2.24) is 0 Å². The molecule has 5 nitrogen and oxygen atoms in total. The smallest absolute Gasteiger partial charge is 0.370 e. The van der Waals surface area contributed by atoms with Crippen molar-refractivity contribution in [3.8, 4) is 0 Å². The monoisotopic (exact) mass is 313 g/mol. The van der Waals surface area contributed by atoms with Gasteiger partial charge in [-0.25, -0.2) is 4.79 Å². The molecule has 0 aliphatic heterocycles. The molecule has 21 heavy (non-hydrogen) atoms. The van der Waals surface area contributed by atoms with Crippen molar-refractivity contribution in [2.45, 2.75) is 25.9 Å². The molecule has 116 valence electrons. The van der Waals surface area contributed by atoms with Crippen LogP contribution in [0, 0.1) is 0 Å². The van der Waals surface area contributed by atoms with E-state index in [4.69, 9.17) is 14.6 Å². The maximum atomic E-state index is 12.4. The molecule has 0 saturated carbocycles. The molecule has 0 bridgehead atoms. The minimum absolute atomic E-state index is 0.0552. The number of aliphatic hydroxyl groups excluding tert-OH is 1. The van der Waals surface area contributed by atoms with Gasteiger partial charge >= 0.3 is 13.8 Å². The van der Waals surface area contributed by atoms with Gasteiger partial charge in [0, 0.05) is 13.0 Å². The maximum absolute atomic E-state index is 12.4. The van der Waals surface area contributed by atoms with E-state index in [1.807, 2.05) is 30.3 Å². The molecular weight excluding hydrogens is 291 g/mol. The van der Waals surface area contributed by atoms with Crippen molar-refractivity contribution in [1.29, 1.82) is 0 Å². The molecule has 1 rings (SSSR count). The number of carbonyl (C=O) groups excluding carboxylic acids is 1. The molecule has 6 heteroatoms. The van der Waals surface area contributed by atoms with Crippen LogP contribution in [0.1, 0.15) is 19.4 Å². The van der Waals surface area contributed by atoms with E-state index in [1.165, 1.54) is 0 Å². The lowest BCUT2D eigenvalue weighted by Gasteiger charge is -2.27. The molecule has 0 saturated heterocycles. The molecular formula is C15H22O5P+. The Morgan fingerprint density at radius 2 is 1.90 bits per heavy atom. The lowest BCUT2D eigenvalue weighted by atomic mass is 9.96. The van der Waals surface area contributed by atoms with E-state index in [9.17, 15) is 9.36 Å². The number of ether oxygens (including phenoxy) is 2. The fourth-order valence-corrected chi connectivity index (χ4v) is 3.15. The highest BCUT2D eigenvalue weighted by Crippen LogP contribution is 2.32. The Morgan fingerprint density at radius 3 is 2.43 bits per heavy atom. The quantitative estimate of drug-likeness (QED) is 0.559. The van der Waals surface area contributed by atoms with Crippen LogP contribution in [0.15, 0.2) is 30.3 Å². The SMILES string of the molecule is CCOC(=O)C(Cc1ccccc1)(C[P+](=O)CO)OCC. The predicted molar refractivity (Wildman–Crippen MR) is 80.7 cm³/mol. The summed E-state index contributed by atoms with van der Waals surface area (Å²) >= 11 is 0. The van der Waals surface area contributed by atoms with Gasteiger partial charge in [-0.1, -0.05) is 34.9 Å². The first-order chi connectivity index (χ1) is 10.1. The van der Waals surface area contributed by atoms with Crippen molar-refractivity contribution in [2.75, 3.05) is 25.7 Å². The molecule has 1 aromatic rings. The highest BCUT2D eigenvalue weighted by atomic mass is 31.1. The third-order valence-corrected chi connectivity index (χ3v) is 4.17. The number of rotatable bonds is 9. The lowest BCUT2D eigenvalue weighted by molar-refractivity contribution is -0.168. The second-order valence-electron chi connectivity index (χ2n) is 4.59. The highest BCUT2D eigenvalue weighted by molar-refractivity contribution is 7.44. The van der Waals surface area contributed by atoms with Gasteiger partial charge in [-0.15, -0.1) is 0 Å². The van der Waals surface area contributed by atoms with Crippen LogP contribution < -0.4 is 0 Å². The van der Waals surface area contributed by atoms with Gasteiger partial charge in [-0.3, -0.25) is 0 Å². The van der Waals surface area contributed by atoms with Crippen molar-refractivity contribution >= 4 is 13.8 Å². The standard InChI is InChI=1S/C15H22O5P/c1-3-19-14(17)15(20-4-2,11-21(18)12-16)10-13-8-6-5-7-9-13/h5-9,16H,3-4,10-12H2,1-2H3/q+1. The van der Waals surface area contributed by atoms with E-state index in [0.717, 1.165) is 5.56 Å². The van der Waals surface area contributed by atoms with Crippen molar-refractivity contribution in [3.63, 3.8) is 0 Å². The number of hydrogen-bond acceptors (Lipinski definition) is 5. The van der Waals surface area contributed by atoms with E-state index < -0.39 is 25.7 Å². The topological polar surface area (TPSA) is 72.8 Å². The van der Waals surface area contributed by atoms with Crippen LogP contribution in [0.4, 0.5) is 0 Å². The molecule has 0 radical (unpaired) electrons. The number of esters is 1. The van der Waals surface area contributed by atoms with E-state index >= 15 is 0 Å². The average Bonchev–Trinajstić information content (AvgIpc) is 2.48. The fraction of sp³-hybridized carbons (Fsp3) is 0.533. The summed E-state index contributed by atoms with van der Waals surface area (Å²) in [7, 11) is -1.94. The van der Waals surface area contributed by atoms with Crippen molar-refractivity contribution in [3.05, 3.63) is 35.9 Å². The van der Waals surface area contributed by atoms with Gasteiger partial charge < -0.3 is 14.6 Å².